The lowest BCUT2D eigenvalue weighted by Crippen LogP contribution is -2.41. The van der Waals surface area contributed by atoms with Crippen molar-refractivity contribution in [2.75, 3.05) is 5.32 Å². The number of carbonyl (C=O) groups is 1. The van der Waals surface area contributed by atoms with Gasteiger partial charge in [-0.15, -0.1) is 0 Å². The summed E-state index contributed by atoms with van der Waals surface area (Å²) in [5, 5.41) is 2.85. The Morgan fingerprint density at radius 1 is 1.05 bits per heavy atom. The second-order valence-corrected chi connectivity index (χ2v) is 12.3. The Kier molecular flexibility index (Phi) is 5.62. The zero-order chi connectivity index (χ0) is 28.0. The Bertz CT molecular complexity index is 2080. The van der Waals surface area contributed by atoms with Crippen LogP contribution in [0.1, 0.15) is 34.8 Å². The Morgan fingerprint density at radius 2 is 1.77 bits per heavy atom. The molecule has 0 saturated heterocycles. The van der Waals surface area contributed by atoms with Crippen molar-refractivity contribution in [1.29, 1.82) is 0 Å². The van der Waals surface area contributed by atoms with E-state index in [2.05, 4.69) is 5.32 Å². The molecule has 1 aliphatic heterocycles. The molecule has 0 radical (unpaired) electrons. The van der Waals surface area contributed by atoms with Crippen LogP contribution in [0.15, 0.2) is 55.7 Å². The Balaban J connectivity index is 1.74. The molecule has 1 saturated carbocycles. The number of benzene rings is 2. The molecule has 11 nitrogen and oxygen atoms in total. The first-order valence-electron chi connectivity index (χ1n) is 11.7. The summed E-state index contributed by atoms with van der Waals surface area (Å²) in [5.74, 6) is -1.48. The lowest BCUT2D eigenvalue weighted by Gasteiger charge is -2.20. The number of sulfonamides is 1. The van der Waals surface area contributed by atoms with Gasteiger partial charge in [-0.25, -0.2) is 22.3 Å². The van der Waals surface area contributed by atoms with E-state index in [9.17, 15) is 32.0 Å². The molecular weight excluding hydrogens is 644 g/mol. The van der Waals surface area contributed by atoms with Gasteiger partial charge >= 0.3 is 5.69 Å². The van der Waals surface area contributed by atoms with Crippen molar-refractivity contribution < 1.29 is 17.6 Å². The van der Waals surface area contributed by atoms with Crippen molar-refractivity contribution in [2.45, 2.75) is 30.7 Å². The third-order valence-electron chi connectivity index (χ3n) is 6.92. The molecule has 14 heteroatoms. The fourth-order valence-electron chi connectivity index (χ4n) is 4.87. The number of aryl methyl sites for hydroxylation is 1. The van der Waals surface area contributed by atoms with E-state index in [4.69, 9.17) is 0 Å². The molecule has 0 spiro atoms. The maximum Gasteiger partial charge on any atom is 0.336 e. The van der Waals surface area contributed by atoms with Crippen LogP contribution in [0.2, 0.25) is 0 Å². The summed E-state index contributed by atoms with van der Waals surface area (Å²) >= 11 is 1.96. The summed E-state index contributed by atoms with van der Waals surface area (Å²) in [7, 11) is -2.60. The van der Waals surface area contributed by atoms with Gasteiger partial charge in [-0.3, -0.25) is 28.1 Å². The van der Waals surface area contributed by atoms with Gasteiger partial charge in [-0.1, -0.05) is 0 Å². The van der Waals surface area contributed by atoms with Gasteiger partial charge in [0.2, 0.25) is 0 Å². The van der Waals surface area contributed by atoms with Gasteiger partial charge in [-0.05, 0) is 78.8 Å². The number of nitrogens with one attached hydrogen (secondary N) is 2. The molecule has 1 amide bonds. The molecular formula is C25H19FIN5O6S. The lowest BCUT2D eigenvalue weighted by molar-refractivity contribution is 0.0985. The first-order chi connectivity index (χ1) is 18.4. The van der Waals surface area contributed by atoms with Crippen molar-refractivity contribution in [3.05, 3.63) is 88.1 Å². The summed E-state index contributed by atoms with van der Waals surface area (Å²) in [5.41, 5.74) is -1.96. The van der Waals surface area contributed by atoms with Crippen LogP contribution in [0, 0.1) is 16.3 Å². The van der Waals surface area contributed by atoms with E-state index in [0.717, 1.165) is 9.13 Å². The molecule has 0 unspecified atom stereocenters. The van der Waals surface area contributed by atoms with Crippen LogP contribution in [0.4, 0.5) is 15.9 Å². The number of rotatable bonds is 4. The van der Waals surface area contributed by atoms with Gasteiger partial charge in [0.25, 0.3) is 27.0 Å². The molecule has 3 heterocycles. The van der Waals surface area contributed by atoms with Crippen LogP contribution < -0.4 is 26.8 Å². The lowest BCUT2D eigenvalue weighted by atomic mass is 10.1. The first kappa shape index (κ1) is 25.5. The van der Waals surface area contributed by atoms with E-state index < -0.39 is 38.6 Å². The molecule has 2 aromatic carbocycles. The maximum atomic E-state index is 14.8. The van der Waals surface area contributed by atoms with E-state index in [0.29, 0.717) is 16.4 Å². The van der Waals surface area contributed by atoms with Crippen LogP contribution in [0.3, 0.4) is 0 Å². The molecule has 2 aromatic heterocycles. The van der Waals surface area contributed by atoms with Crippen LogP contribution in [-0.4, -0.2) is 28.0 Å². The molecule has 2 N–H and O–H groups in total. The predicted octanol–water partition coefficient (Wildman–Crippen LogP) is 2.41. The Labute approximate surface area is 233 Å². The van der Waals surface area contributed by atoms with Crippen LogP contribution >= 0.6 is 22.6 Å². The number of fused-ring (bicyclic) bond motifs is 2. The highest BCUT2D eigenvalue weighted by molar-refractivity contribution is 14.1. The van der Waals surface area contributed by atoms with E-state index in [1.165, 1.54) is 48.9 Å². The number of hydrogen-bond acceptors (Lipinski definition) is 7. The number of halogens is 2. The summed E-state index contributed by atoms with van der Waals surface area (Å²) in [6, 6.07) is 7.81. The molecule has 1 fully saturated rings. The second kappa shape index (κ2) is 8.61. The molecule has 1 aliphatic carbocycles. The first-order valence-corrected chi connectivity index (χ1v) is 14.3. The average Bonchev–Trinajstić information content (AvgIpc) is 3.67. The molecule has 0 bridgehead atoms. The molecule has 4 aromatic rings. The van der Waals surface area contributed by atoms with Crippen molar-refractivity contribution in [3.63, 3.8) is 0 Å². The fourth-order valence-corrected chi connectivity index (χ4v) is 6.48. The van der Waals surface area contributed by atoms with Crippen molar-refractivity contribution >= 4 is 60.9 Å². The largest absolute Gasteiger partial charge is 0.338 e. The topological polar surface area (TPSA) is 141 Å². The standard InChI is InChI=1S/C25H19FIN5O6S/c1-11-20-19(21(30(2)23(11)34)28-17-7-3-12(27)9-16(17)26)24(35)32(13-4-5-13)25(36)31(20)14-6-8-18-15(10-14)22(33)29-39(18,37)38/h3,6-10,13,28H,4-5H2,1-2H3,(H,29,33). The molecule has 200 valence electrons. The zero-order valence-electron chi connectivity index (χ0n) is 20.4. The zero-order valence-corrected chi connectivity index (χ0v) is 23.4. The number of nitrogens with zero attached hydrogens (tertiary/aromatic N) is 3. The number of anilines is 2. The highest BCUT2D eigenvalue weighted by atomic mass is 127. The normalized spacial score (nSPS) is 15.8. The molecule has 0 atom stereocenters. The minimum atomic E-state index is -4.04. The van der Waals surface area contributed by atoms with Gasteiger partial charge in [0.15, 0.2) is 0 Å². The average molecular weight is 663 g/mol. The quantitative estimate of drug-likeness (QED) is 0.320. The van der Waals surface area contributed by atoms with Crippen LogP contribution in [0.25, 0.3) is 16.6 Å². The van der Waals surface area contributed by atoms with Crippen LogP contribution in [-0.2, 0) is 17.1 Å². The maximum absolute atomic E-state index is 14.8. The van der Waals surface area contributed by atoms with E-state index in [-0.39, 0.29) is 50.2 Å². The number of pyridine rings is 1. The van der Waals surface area contributed by atoms with Crippen molar-refractivity contribution in [2.24, 2.45) is 7.05 Å². The molecule has 6 rings (SSSR count). The highest BCUT2D eigenvalue weighted by Crippen LogP contribution is 2.34. The smallest absolute Gasteiger partial charge is 0.336 e. The van der Waals surface area contributed by atoms with Gasteiger partial charge in [0, 0.05) is 22.2 Å². The van der Waals surface area contributed by atoms with E-state index >= 15 is 0 Å². The van der Waals surface area contributed by atoms with Crippen LogP contribution in [0.5, 0.6) is 0 Å². The van der Waals surface area contributed by atoms with Gasteiger partial charge in [0.05, 0.1) is 22.5 Å². The minimum Gasteiger partial charge on any atom is -0.338 e. The second-order valence-electron chi connectivity index (χ2n) is 9.45. The van der Waals surface area contributed by atoms with Crippen molar-refractivity contribution in [1.82, 2.24) is 18.4 Å². The summed E-state index contributed by atoms with van der Waals surface area (Å²) in [6.45, 7) is 1.46. The number of hydrogen-bond donors (Lipinski definition) is 2. The van der Waals surface area contributed by atoms with Gasteiger partial charge in [-0.2, -0.15) is 0 Å². The number of carbonyl (C=O) groups excluding carboxylic acids is 1. The Hall–Kier alpha value is -3.79. The van der Waals surface area contributed by atoms with Gasteiger partial charge < -0.3 is 5.32 Å². The third kappa shape index (κ3) is 3.83. The number of aromatic nitrogens is 3. The Morgan fingerprint density at radius 3 is 2.44 bits per heavy atom. The van der Waals surface area contributed by atoms with E-state index in [1.807, 2.05) is 27.3 Å². The molecule has 39 heavy (non-hydrogen) atoms. The SMILES string of the molecule is Cc1c(=O)n(C)c(Nc2ccc(I)cc2F)c2c(=O)n(C3CC3)c(=O)n(-c3ccc4c(c3)C(=O)NS4(=O)=O)c12. The predicted molar refractivity (Wildman–Crippen MR) is 149 cm³/mol. The highest BCUT2D eigenvalue weighted by Gasteiger charge is 2.35. The third-order valence-corrected chi connectivity index (χ3v) is 8.98. The van der Waals surface area contributed by atoms with Gasteiger partial charge in [0.1, 0.15) is 21.9 Å². The molecule has 2 aliphatic rings. The summed E-state index contributed by atoms with van der Waals surface area (Å²) in [4.78, 5) is 53.2. The van der Waals surface area contributed by atoms with E-state index in [1.54, 1.807) is 6.07 Å². The monoisotopic (exact) mass is 663 g/mol. The number of amides is 1. The van der Waals surface area contributed by atoms with Crippen molar-refractivity contribution in [3.8, 4) is 5.69 Å². The summed E-state index contributed by atoms with van der Waals surface area (Å²) in [6.07, 6.45) is 1.18. The summed E-state index contributed by atoms with van der Waals surface area (Å²) < 4.78 is 45.3. The minimum absolute atomic E-state index is 0.0182. The fraction of sp³-hybridized carbons (Fsp3) is 0.200.